The molecule has 8 heteroatoms. The second kappa shape index (κ2) is 10.6. The van der Waals surface area contributed by atoms with Gasteiger partial charge >= 0.3 is 0 Å². The minimum Gasteiger partial charge on any atom is -0.369 e. The fourth-order valence-corrected chi connectivity index (χ4v) is 3.75. The molecule has 7 nitrogen and oxygen atoms in total. The Balaban J connectivity index is 1.75. The Bertz CT molecular complexity index is 714. The molecule has 0 spiro atoms. The van der Waals surface area contributed by atoms with Crippen molar-refractivity contribution in [2.24, 2.45) is 17.6 Å². The Kier molecular flexibility index (Phi) is 8.51. The predicted octanol–water partition coefficient (Wildman–Crippen LogP) is 2.22. The first-order valence-corrected chi connectivity index (χ1v) is 10.4. The topological polar surface area (TPSA) is 93.2 Å². The number of piperidine rings is 1. The lowest BCUT2D eigenvalue weighted by Crippen LogP contribution is -2.42. The van der Waals surface area contributed by atoms with E-state index in [1.165, 1.54) is 6.08 Å². The van der Waals surface area contributed by atoms with Crippen LogP contribution in [0.2, 0.25) is 5.15 Å². The summed E-state index contributed by atoms with van der Waals surface area (Å²) in [6, 6.07) is 0. The Morgan fingerprint density at radius 1 is 1.43 bits per heavy atom. The Morgan fingerprint density at radius 2 is 2.18 bits per heavy atom. The molecule has 156 valence electrons. The van der Waals surface area contributed by atoms with Crippen molar-refractivity contribution < 1.29 is 9.59 Å². The van der Waals surface area contributed by atoms with Crippen molar-refractivity contribution in [2.45, 2.75) is 46.6 Å². The van der Waals surface area contributed by atoms with E-state index in [0.717, 1.165) is 56.7 Å². The summed E-state index contributed by atoms with van der Waals surface area (Å²) in [4.78, 5) is 25.6. The molecule has 1 fully saturated rings. The summed E-state index contributed by atoms with van der Waals surface area (Å²) in [5, 5.41) is 7.89. The van der Waals surface area contributed by atoms with Gasteiger partial charge in [0.1, 0.15) is 5.15 Å². The van der Waals surface area contributed by atoms with E-state index in [1.54, 1.807) is 10.8 Å². The first-order chi connectivity index (χ1) is 13.3. The smallest absolute Gasteiger partial charge is 0.244 e. The highest BCUT2D eigenvalue weighted by molar-refractivity contribution is 6.31. The number of carbonyl (C=O) groups excluding carboxylic acids is 2. The van der Waals surface area contributed by atoms with Crippen LogP contribution in [0.4, 0.5) is 0 Å². The number of rotatable bonds is 9. The summed E-state index contributed by atoms with van der Waals surface area (Å²) in [6.07, 6.45) is 5.92. The van der Waals surface area contributed by atoms with Crippen LogP contribution < -0.4 is 11.1 Å². The molecule has 0 radical (unpaired) electrons. The SMILES string of the molecule is Cc1nn(CC(C)C)c(Cl)c1/C=C/C(=O)NCCCN1CCCC(C(N)=O)C1. The first kappa shape index (κ1) is 22.4. The Hall–Kier alpha value is -1.86. The monoisotopic (exact) mass is 409 g/mol. The first-order valence-electron chi connectivity index (χ1n) is 9.98. The summed E-state index contributed by atoms with van der Waals surface area (Å²) in [5.74, 6) is 0.0282. The highest BCUT2D eigenvalue weighted by Crippen LogP contribution is 2.22. The van der Waals surface area contributed by atoms with E-state index in [2.05, 4.69) is 29.2 Å². The van der Waals surface area contributed by atoms with Crippen LogP contribution in [0, 0.1) is 18.8 Å². The minimum absolute atomic E-state index is 0.0455. The number of primary amides is 1. The number of nitrogens with zero attached hydrogens (tertiary/aromatic N) is 3. The average molecular weight is 410 g/mol. The third-order valence-electron chi connectivity index (χ3n) is 4.91. The molecule has 28 heavy (non-hydrogen) atoms. The molecule has 2 amide bonds. The zero-order valence-electron chi connectivity index (χ0n) is 17.1. The van der Waals surface area contributed by atoms with Gasteiger partial charge in [0.25, 0.3) is 0 Å². The average Bonchev–Trinajstić information content (AvgIpc) is 2.89. The number of nitrogens with one attached hydrogen (secondary N) is 1. The summed E-state index contributed by atoms with van der Waals surface area (Å²) in [7, 11) is 0. The molecule has 0 bridgehead atoms. The van der Waals surface area contributed by atoms with Gasteiger partial charge in [-0.25, -0.2) is 0 Å². The van der Waals surface area contributed by atoms with Crippen LogP contribution in [0.15, 0.2) is 6.08 Å². The molecule has 0 aliphatic carbocycles. The van der Waals surface area contributed by atoms with E-state index < -0.39 is 0 Å². The van der Waals surface area contributed by atoms with Crippen molar-refractivity contribution in [3.63, 3.8) is 0 Å². The number of hydrogen-bond donors (Lipinski definition) is 2. The Labute approximate surface area is 172 Å². The van der Waals surface area contributed by atoms with Crippen LogP contribution >= 0.6 is 11.6 Å². The van der Waals surface area contributed by atoms with E-state index in [-0.39, 0.29) is 17.7 Å². The molecule has 1 atom stereocenters. The minimum atomic E-state index is -0.214. The van der Waals surface area contributed by atoms with Gasteiger partial charge in [0.2, 0.25) is 11.8 Å². The van der Waals surface area contributed by atoms with Crippen LogP contribution in [0.25, 0.3) is 6.08 Å². The maximum absolute atomic E-state index is 12.1. The van der Waals surface area contributed by atoms with Crippen LogP contribution in [-0.2, 0) is 16.1 Å². The third kappa shape index (κ3) is 6.63. The normalized spacial score (nSPS) is 18.1. The summed E-state index contributed by atoms with van der Waals surface area (Å²) in [5.41, 5.74) is 7.00. The largest absolute Gasteiger partial charge is 0.369 e. The molecule has 1 saturated heterocycles. The van der Waals surface area contributed by atoms with Crippen molar-refractivity contribution >= 4 is 29.5 Å². The van der Waals surface area contributed by atoms with Crippen LogP contribution in [0.5, 0.6) is 0 Å². The second-order valence-electron chi connectivity index (χ2n) is 7.89. The van der Waals surface area contributed by atoms with Gasteiger partial charge in [0.05, 0.1) is 11.6 Å². The number of amides is 2. The molecule has 0 aromatic carbocycles. The quantitative estimate of drug-likeness (QED) is 0.483. The highest BCUT2D eigenvalue weighted by atomic mass is 35.5. The lowest BCUT2D eigenvalue weighted by molar-refractivity contribution is -0.123. The van der Waals surface area contributed by atoms with Crippen molar-refractivity contribution in [3.05, 3.63) is 22.5 Å². The molecule has 1 aromatic heterocycles. The van der Waals surface area contributed by atoms with Crippen molar-refractivity contribution in [3.8, 4) is 0 Å². The molecule has 3 N–H and O–H groups in total. The summed E-state index contributed by atoms with van der Waals surface area (Å²) < 4.78 is 1.77. The molecule has 1 aromatic rings. The zero-order chi connectivity index (χ0) is 20.7. The maximum Gasteiger partial charge on any atom is 0.244 e. The molecule has 1 unspecified atom stereocenters. The van der Waals surface area contributed by atoms with Crippen molar-refractivity contribution in [1.29, 1.82) is 0 Å². The highest BCUT2D eigenvalue weighted by Gasteiger charge is 2.23. The standard InChI is InChI=1S/C20H32ClN5O2/c1-14(2)12-26-19(21)17(15(3)24-26)7-8-18(27)23-9-5-11-25-10-4-6-16(13-25)20(22)28/h7-8,14,16H,4-6,9-13H2,1-3H3,(H2,22,28)(H,23,27)/b8-7+. The van der Waals surface area contributed by atoms with Gasteiger partial charge in [-0.15, -0.1) is 0 Å². The van der Waals surface area contributed by atoms with Crippen LogP contribution in [0.1, 0.15) is 44.4 Å². The number of nitrogens with two attached hydrogens (primary N) is 1. The van der Waals surface area contributed by atoms with Crippen LogP contribution in [-0.4, -0.2) is 52.7 Å². The zero-order valence-corrected chi connectivity index (χ0v) is 17.8. The predicted molar refractivity (Wildman–Crippen MR) is 112 cm³/mol. The van der Waals surface area contributed by atoms with Gasteiger partial charge in [-0.3, -0.25) is 14.3 Å². The fraction of sp³-hybridized carbons (Fsp3) is 0.650. The Morgan fingerprint density at radius 3 is 2.86 bits per heavy atom. The molecular weight excluding hydrogens is 378 g/mol. The van der Waals surface area contributed by atoms with Gasteiger partial charge in [-0.2, -0.15) is 5.10 Å². The number of carbonyl (C=O) groups is 2. The van der Waals surface area contributed by atoms with Crippen molar-refractivity contribution in [2.75, 3.05) is 26.2 Å². The van der Waals surface area contributed by atoms with Gasteiger partial charge in [0, 0.05) is 31.3 Å². The molecule has 2 heterocycles. The number of aryl methyl sites for hydroxylation is 1. The number of hydrogen-bond acceptors (Lipinski definition) is 4. The molecule has 2 rings (SSSR count). The molecule has 1 aliphatic rings. The van der Waals surface area contributed by atoms with Gasteiger partial charge in [0.15, 0.2) is 0 Å². The maximum atomic E-state index is 12.1. The van der Waals surface area contributed by atoms with Crippen LogP contribution in [0.3, 0.4) is 0 Å². The molecular formula is C20H32ClN5O2. The summed E-state index contributed by atoms with van der Waals surface area (Å²) >= 11 is 6.38. The number of likely N-dealkylation sites (tertiary alicyclic amines) is 1. The van der Waals surface area contributed by atoms with E-state index in [0.29, 0.717) is 17.6 Å². The summed E-state index contributed by atoms with van der Waals surface area (Å²) in [6.45, 7) is 9.98. The van der Waals surface area contributed by atoms with Gasteiger partial charge in [-0.1, -0.05) is 25.4 Å². The molecule has 1 aliphatic heterocycles. The van der Waals surface area contributed by atoms with E-state index in [4.69, 9.17) is 17.3 Å². The molecule has 0 saturated carbocycles. The van der Waals surface area contributed by atoms with E-state index >= 15 is 0 Å². The third-order valence-corrected chi connectivity index (χ3v) is 5.31. The number of halogens is 1. The number of aromatic nitrogens is 2. The fourth-order valence-electron chi connectivity index (χ4n) is 3.45. The van der Waals surface area contributed by atoms with Gasteiger partial charge in [-0.05, 0) is 51.3 Å². The second-order valence-corrected chi connectivity index (χ2v) is 8.24. The van der Waals surface area contributed by atoms with E-state index in [9.17, 15) is 9.59 Å². The van der Waals surface area contributed by atoms with E-state index in [1.807, 2.05) is 6.92 Å². The lowest BCUT2D eigenvalue weighted by atomic mass is 9.97. The lowest BCUT2D eigenvalue weighted by Gasteiger charge is -2.31. The van der Waals surface area contributed by atoms with Crippen molar-refractivity contribution in [1.82, 2.24) is 20.0 Å². The van der Waals surface area contributed by atoms with Gasteiger partial charge < -0.3 is 16.0 Å².